The highest BCUT2D eigenvalue weighted by molar-refractivity contribution is 6.13. The van der Waals surface area contributed by atoms with Gasteiger partial charge in [0.1, 0.15) is 17.0 Å². The predicted octanol–water partition coefficient (Wildman–Crippen LogP) is 11.6. The molecule has 0 radical (unpaired) electrons. The van der Waals surface area contributed by atoms with Gasteiger partial charge in [-0.1, -0.05) is 146 Å². The van der Waals surface area contributed by atoms with E-state index in [1.165, 1.54) is 11.1 Å². The summed E-state index contributed by atoms with van der Waals surface area (Å²) >= 11 is 0. The van der Waals surface area contributed by atoms with Crippen molar-refractivity contribution in [3.63, 3.8) is 0 Å². The first-order valence-corrected chi connectivity index (χ1v) is 17.1. The number of fused-ring (bicyclic) bond motifs is 5. The molecule has 8 aromatic carbocycles. The molecule has 0 saturated heterocycles. The highest BCUT2D eigenvalue weighted by Crippen LogP contribution is 2.36. The first kappa shape index (κ1) is 30.3. The Kier molecular flexibility index (Phi) is 7.67. The number of para-hydroxylation sites is 1. The van der Waals surface area contributed by atoms with Gasteiger partial charge in [-0.2, -0.15) is 0 Å². The van der Waals surface area contributed by atoms with Crippen molar-refractivity contribution in [1.82, 2.24) is 0 Å². The molecule has 4 heteroatoms. The first-order chi connectivity index (χ1) is 25.2. The molecule has 4 nitrogen and oxygen atoms in total. The molecule has 51 heavy (non-hydrogen) atoms. The van der Waals surface area contributed by atoms with E-state index in [0.29, 0.717) is 18.2 Å². The van der Waals surface area contributed by atoms with Crippen LogP contribution in [0.4, 0.5) is 0 Å². The van der Waals surface area contributed by atoms with Crippen molar-refractivity contribution in [1.29, 1.82) is 0 Å². The highest BCUT2D eigenvalue weighted by Gasteiger charge is 2.15. The lowest BCUT2D eigenvalue weighted by molar-refractivity contribution is 0.669. The number of amidine groups is 2. The van der Waals surface area contributed by atoms with E-state index in [1.807, 2.05) is 42.5 Å². The summed E-state index contributed by atoms with van der Waals surface area (Å²) in [5.41, 5.74) is 15.8. The van der Waals surface area contributed by atoms with Crippen LogP contribution in [0.5, 0.6) is 0 Å². The summed E-state index contributed by atoms with van der Waals surface area (Å²) in [5.74, 6) is 0.990. The Morgan fingerprint density at radius 3 is 1.76 bits per heavy atom. The molecule has 0 saturated carbocycles. The van der Waals surface area contributed by atoms with Crippen molar-refractivity contribution in [3.05, 3.63) is 193 Å². The minimum absolute atomic E-state index is 0.382. The molecule has 242 valence electrons. The van der Waals surface area contributed by atoms with Crippen LogP contribution >= 0.6 is 0 Å². The van der Waals surface area contributed by atoms with Gasteiger partial charge in [0.2, 0.25) is 0 Å². The molecule has 1 aromatic heterocycles. The number of benzene rings is 8. The molecule has 0 aliphatic heterocycles. The Labute approximate surface area is 295 Å². The molecule has 1 heterocycles. The quantitative estimate of drug-likeness (QED) is 0.143. The topological polar surface area (TPSA) is 63.9 Å². The number of rotatable bonds is 6. The molecule has 9 aromatic rings. The minimum Gasteiger partial charge on any atom is -0.456 e. The van der Waals surface area contributed by atoms with E-state index in [-0.39, 0.29) is 0 Å². The molecular weight excluding hydrogens is 623 g/mol. The van der Waals surface area contributed by atoms with Crippen LogP contribution in [-0.4, -0.2) is 11.7 Å². The fourth-order valence-corrected chi connectivity index (χ4v) is 6.92. The summed E-state index contributed by atoms with van der Waals surface area (Å²) < 4.78 is 6.45. The third-order valence-electron chi connectivity index (χ3n) is 9.56. The van der Waals surface area contributed by atoms with Crippen molar-refractivity contribution < 1.29 is 4.42 Å². The van der Waals surface area contributed by atoms with E-state index in [2.05, 4.69) is 133 Å². The molecule has 2 N–H and O–H groups in total. The largest absolute Gasteiger partial charge is 0.456 e. The minimum atomic E-state index is 0.382. The van der Waals surface area contributed by atoms with Crippen LogP contribution in [0.3, 0.4) is 0 Å². The summed E-state index contributed by atoms with van der Waals surface area (Å²) in [5, 5.41) is 6.66. The maximum Gasteiger partial charge on any atom is 0.157 e. The van der Waals surface area contributed by atoms with Gasteiger partial charge in [-0.05, 0) is 79.7 Å². The van der Waals surface area contributed by atoms with E-state index >= 15 is 0 Å². The molecule has 0 aliphatic rings. The second-order valence-electron chi connectivity index (χ2n) is 12.8. The number of hydrogen-bond acceptors (Lipinski definition) is 2. The van der Waals surface area contributed by atoms with Gasteiger partial charge in [-0.25, -0.2) is 4.99 Å². The van der Waals surface area contributed by atoms with E-state index < -0.39 is 0 Å². The lowest BCUT2D eigenvalue weighted by atomic mass is 9.97. The number of nitrogens with two attached hydrogens (primary N) is 1. The summed E-state index contributed by atoms with van der Waals surface area (Å²) in [7, 11) is 0. The average Bonchev–Trinajstić information content (AvgIpc) is 3.58. The van der Waals surface area contributed by atoms with Crippen LogP contribution in [-0.2, 0) is 6.54 Å². The zero-order valence-electron chi connectivity index (χ0n) is 27.8. The Bertz CT molecular complexity index is 2780. The number of aliphatic imine (C=N–C) groups is 2. The molecular formula is C47H33N3O. The summed E-state index contributed by atoms with van der Waals surface area (Å²) in [4.78, 5) is 10.2. The van der Waals surface area contributed by atoms with Crippen molar-refractivity contribution in [2.45, 2.75) is 6.54 Å². The van der Waals surface area contributed by atoms with Crippen molar-refractivity contribution >= 4 is 55.2 Å². The third kappa shape index (κ3) is 5.94. The Morgan fingerprint density at radius 2 is 1.04 bits per heavy atom. The van der Waals surface area contributed by atoms with Crippen LogP contribution in [0.15, 0.2) is 190 Å². The Balaban J connectivity index is 1.17. The summed E-state index contributed by atoms with van der Waals surface area (Å²) in [6.45, 7) is 0.382. The second-order valence-corrected chi connectivity index (χ2v) is 12.8. The van der Waals surface area contributed by atoms with Crippen LogP contribution in [0.1, 0.15) is 16.7 Å². The molecule has 0 fully saturated rings. The molecule has 0 spiro atoms. The van der Waals surface area contributed by atoms with Crippen molar-refractivity contribution in [2.75, 3.05) is 0 Å². The van der Waals surface area contributed by atoms with Gasteiger partial charge in [0.15, 0.2) is 5.84 Å². The van der Waals surface area contributed by atoms with E-state index in [0.717, 1.165) is 71.3 Å². The normalized spacial score (nSPS) is 12.3. The molecule has 0 amide bonds. The smallest absolute Gasteiger partial charge is 0.157 e. The lowest BCUT2D eigenvalue weighted by Gasteiger charge is -2.10. The summed E-state index contributed by atoms with van der Waals surface area (Å²) in [6.07, 6.45) is 0. The maximum atomic E-state index is 6.76. The number of nitrogens with zero attached hydrogens (tertiary/aromatic N) is 2. The lowest BCUT2D eigenvalue weighted by Crippen LogP contribution is -2.16. The van der Waals surface area contributed by atoms with Gasteiger partial charge < -0.3 is 10.2 Å². The summed E-state index contributed by atoms with van der Waals surface area (Å²) in [6, 6.07) is 60.8. The average molecular weight is 656 g/mol. The number of furan rings is 1. The van der Waals surface area contributed by atoms with Crippen LogP contribution < -0.4 is 5.73 Å². The van der Waals surface area contributed by atoms with Gasteiger partial charge in [0, 0.05) is 21.9 Å². The molecule has 0 bridgehead atoms. The zero-order chi connectivity index (χ0) is 34.1. The van der Waals surface area contributed by atoms with Crippen LogP contribution in [0, 0.1) is 0 Å². The fourth-order valence-electron chi connectivity index (χ4n) is 6.92. The van der Waals surface area contributed by atoms with Crippen LogP contribution in [0.2, 0.25) is 0 Å². The fraction of sp³-hybridized carbons (Fsp3) is 0.0213. The Morgan fingerprint density at radius 1 is 0.471 bits per heavy atom. The standard InChI is InChI=1S/C47H33N3O/c48-46(38-24-22-32-12-4-6-14-36(32)26-38)50-47(39-25-23-33-13-5-7-15-37(33)27-39)49-30-41-28-40(29-44-45(41)42-16-8-9-17-43(42)51-44)35-20-18-34(19-21-35)31-10-2-1-3-11-31/h1-29H,30H2,(H2,48,49,50). The zero-order valence-corrected chi connectivity index (χ0v) is 27.8. The van der Waals surface area contributed by atoms with E-state index in [9.17, 15) is 0 Å². The third-order valence-corrected chi connectivity index (χ3v) is 9.56. The van der Waals surface area contributed by atoms with Gasteiger partial charge in [-0.3, -0.25) is 4.99 Å². The molecule has 0 aliphatic carbocycles. The Hall–Kier alpha value is -6.78. The number of hydrogen-bond donors (Lipinski definition) is 1. The molecule has 9 rings (SSSR count). The van der Waals surface area contributed by atoms with Gasteiger partial charge in [-0.15, -0.1) is 0 Å². The molecule has 0 atom stereocenters. The maximum absolute atomic E-state index is 6.76. The van der Waals surface area contributed by atoms with E-state index in [1.54, 1.807) is 0 Å². The first-order valence-electron chi connectivity index (χ1n) is 17.1. The molecule has 0 unspecified atom stereocenters. The predicted molar refractivity (Wildman–Crippen MR) is 213 cm³/mol. The van der Waals surface area contributed by atoms with Gasteiger partial charge in [0.25, 0.3) is 0 Å². The monoisotopic (exact) mass is 655 g/mol. The van der Waals surface area contributed by atoms with E-state index in [4.69, 9.17) is 20.1 Å². The van der Waals surface area contributed by atoms with Gasteiger partial charge in [0.05, 0.1) is 6.54 Å². The van der Waals surface area contributed by atoms with Gasteiger partial charge >= 0.3 is 0 Å². The van der Waals surface area contributed by atoms with Crippen LogP contribution in [0.25, 0.3) is 65.7 Å². The van der Waals surface area contributed by atoms with Crippen molar-refractivity contribution in [3.8, 4) is 22.3 Å². The highest BCUT2D eigenvalue weighted by atomic mass is 16.3. The van der Waals surface area contributed by atoms with Crippen molar-refractivity contribution in [2.24, 2.45) is 15.7 Å². The second kappa shape index (κ2) is 12.9. The SMILES string of the molecule is NC(=NC(=NCc1cc(-c2ccc(-c3ccccc3)cc2)cc2oc3ccccc3c12)c1ccc2ccccc2c1)c1ccc2ccccc2c1.